The maximum atomic E-state index is 13.0. The Labute approximate surface area is 196 Å². The van der Waals surface area contributed by atoms with Crippen LogP contribution in [0.2, 0.25) is 0 Å². The Morgan fingerprint density at radius 3 is 2.24 bits per heavy atom. The van der Waals surface area contributed by atoms with E-state index in [0.717, 1.165) is 11.3 Å². The summed E-state index contributed by atoms with van der Waals surface area (Å²) in [7, 11) is 0. The van der Waals surface area contributed by atoms with Gasteiger partial charge in [0.05, 0.1) is 25.5 Å². The number of hydrogen-bond donors (Lipinski definition) is 1. The monoisotopic (exact) mass is 466 g/mol. The van der Waals surface area contributed by atoms with Crippen molar-refractivity contribution >= 4 is 28.2 Å². The van der Waals surface area contributed by atoms with Crippen LogP contribution >= 0.6 is 11.3 Å². The molecule has 0 unspecified atom stereocenters. The SMILES string of the molecule is CCOc1cc(C(=O)Nc2nc3scc(-c4ccc(C)cc4)n3n2)cc(OCC)c1OCC. The number of amides is 1. The molecule has 0 radical (unpaired) electrons. The van der Waals surface area contributed by atoms with Crippen molar-refractivity contribution in [2.24, 2.45) is 0 Å². The van der Waals surface area contributed by atoms with Crippen molar-refractivity contribution in [3.63, 3.8) is 0 Å². The topological polar surface area (TPSA) is 87.0 Å². The van der Waals surface area contributed by atoms with Gasteiger partial charge in [0.2, 0.25) is 10.7 Å². The van der Waals surface area contributed by atoms with Gasteiger partial charge < -0.3 is 14.2 Å². The predicted octanol–water partition coefficient (Wildman–Crippen LogP) is 5.21. The van der Waals surface area contributed by atoms with Gasteiger partial charge in [0, 0.05) is 16.5 Å². The fourth-order valence-corrected chi connectivity index (χ4v) is 4.18. The highest BCUT2D eigenvalue weighted by atomic mass is 32.1. The molecule has 1 amide bonds. The summed E-state index contributed by atoms with van der Waals surface area (Å²) in [6.07, 6.45) is 0. The fraction of sp³-hybridized carbons (Fsp3) is 0.292. The molecule has 2 heterocycles. The molecule has 0 spiro atoms. The molecule has 0 bridgehead atoms. The van der Waals surface area contributed by atoms with E-state index < -0.39 is 0 Å². The standard InChI is InChI=1S/C24H26N4O4S/c1-5-30-19-12-17(13-20(31-6-2)21(19)32-7-3)22(29)25-23-26-24-28(27-23)18(14-33-24)16-10-8-15(4)9-11-16/h8-14H,5-7H2,1-4H3,(H,25,27,29). The van der Waals surface area contributed by atoms with Crippen LogP contribution in [0.15, 0.2) is 41.8 Å². The van der Waals surface area contributed by atoms with Crippen LogP contribution in [0.3, 0.4) is 0 Å². The van der Waals surface area contributed by atoms with Crippen LogP contribution in [0.4, 0.5) is 5.95 Å². The second-order valence-corrected chi connectivity index (χ2v) is 8.01. The molecule has 0 saturated carbocycles. The van der Waals surface area contributed by atoms with Gasteiger partial charge in [-0.2, -0.15) is 4.98 Å². The number of nitrogens with zero attached hydrogens (tertiary/aromatic N) is 3. The number of carbonyl (C=O) groups is 1. The number of thiazole rings is 1. The summed E-state index contributed by atoms with van der Waals surface area (Å²) < 4.78 is 18.9. The molecule has 0 aliphatic heterocycles. The molecule has 0 atom stereocenters. The van der Waals surface area contributed by atoms with Crippen molar-refractivity contribution in [2.75, 3.05) is 25.1 Å². The molecule has 172 valence electrons. The minimum absolute atomic E-state index is 0.227. The second kappa shape index (κ2) is 9.91. The molecule has 2 aromatic carbocycles. The molecule has 1 N–H and O–H groups in total. The van der Waals surface area contributed by atoms with Crippen LogP contribution < -0.4 is 19.5 Å². The number of rotatable bonds is 9. The second-order valence-electron chi connectivity index (χ2n) is 7.17. The zero-order valence-corrected chi connectivity index (χ0v) is 19.9. The molecule has 8 nitrogen and oxygen atoms in total. The molecule has 33 heavy (non-hydrogen) atoms. The van der Waals surface area contributed by atoms with Crippen LogP contribution in [0.25, 0.3) is 16.2 Å². The first-order valence-electron chi connectivity index (χ1n) is 10.8. The van der Waals surface area contributed by atoms with E-state index in [1.54, 1.807) is 16.6 Å². The van der Waals surface area contributed by atoms with Crippen LogP contribution in [0.1, 0.15) is 36.7 Å². The first kappa shape index (κ1) is 22.6. The highest BCUT2D eigenvalue weighted by molar-refractivity contribution is 7.15. The lowest BCUT2D eigenvalue weighted by molar-refractivity contribution is 0.102. The zero-order chi connectivity index (χ0) is 23.4. The number of anilines is 1. The zero-order valence-electron chi connectivity index (χ0n) is 19.0. The van der Waals surface area contributed by atoms with E-state index in [-0.39, 0.29) is 11.9 Å². The molecular weight excluding hydrogens is 440 g/mol. The maximum Gasteiger partial charge on any atom is 0.258 e. The van der Waals surface area contributed by atoms with E-state index >= 15 is 0 Å². The third-order valence-electron chi connectivity index (χ3n) is 4.83. The van der Waals surface area contributed by atoms with E-state index in [4.69, 9.17) is 14.2 Å². The number of ether oxygens (including phenoxy) is 3. The lowest BCUT2D eigenvalue weighted by Gasteiger charge is -2.16. The Kier molecular flexibility index (Phi) is 6.79. The van der Waals surface area contributed by atoms with Gasteiger partial charge in [0.15, 0.2) is 11.5 Å². The Balaban J connectivity index is 1.63. The van der Waals surface area contributed by atoms with E-state index in [1.165, 1.54) is 16.9 Å². The van der Waals surface area contributed by atoms with Crippen LogP contribution in [0, 0.1) is 6.92 Å². The molecule has 2 aromatic heterocycles. The number of benzene rings is 2. The van der Waals surface area contributed by atoms with E-state index in [2.05, 4.69) is 27.5 Å². The molecule has 4 aromatic rings. The third kappa shape index (κ3) is 4.78. The van der Waals surface area contributed by atoms with Gasteiger partial charge in [-0.15, -0.1) is 16.4 Å². The van der Waals surface area contributed by atoms with Crippen LogP contribution in [0.5, 0.6) is 17.2 Å². The van der Waals surface area contributed by atoms with E-state index in [0.29, 0.717) is 47.6 Å². The van der Waals surface area contributed by atoms with Gasteiger partial charge in [-0.1, -0.05) is 29.8 Å². The van der Waals surface area contributed by atoms with Crippen molar-refractivity contribution < 1.29 is 19.0 Å². The van der Waals surface area contributed by atoms with Crippen molar-refractivity contribution in [1.82, 2.24) is 14.6 Å². The first-order valence-corrected chi connectivity index (χ1v) is 11.7. The van der Waals surface area contributed by atoms with Crippen molar-refractivity contribution in [3.8, 4) is 28.5 Å². The summed E-state index contributed by atoms with van der Waals surface area (Å²) in [6, 6.07) is 11.5. The number of fused-ring (bicyclic) bond motifs is 1. The lowest BCUT2D eigenvalue weighted by Crippen LogP contribution is -2.14. The Bertz CT molecular complexity index is 1240. The summed E-state index contributed by atoms with van der Waals surface area (Å²) in [5.74, 6) is 1.26. The molecule has 4 rings (SSSR count). The molecule has 0 aliphatic carbocycles. The molecular formula is C24H26N4O4S. The Morgan fingerprint density at radius 2 is 1.64 bits per heavy atom. The average molecular weight is 467 g/mol. The smallest absolute Gasteiger partial charge is 0.258 e. The van der Waals surface area contributed by atoms with Gasteiger partial charge in [-0.05, 0) is 39.8 Å². The number of aryl methyl sites for hydroxylation is 1. The number of nitrogens with one attached hydrogen (secondary N) is 1. The molecule has 0 saturated heterocycles. The summed E-state index contributed by atoms with van der Waals surface area (Å²) in [5, 5.41) is 9.28. The number of carbonyl (C=O) groups excluding carboxylic acids is 1. The van der Waals surface area contributed by atoms with Crippen LogP contribution in [-0.2, 0) is 0 Å². The van der Waals surface area contributed by atoms with Crippen molar-refractivity contribution in [1.29, 1.82) is 0 Å². The Hall–Kier alpha value is -3.59. The fourth-order valence-electron chi connectivity index (χ4n) is 3.35. The summed E-state index contributed by atoms with van der Waals surface area (Å²) in [5.41, 5.74) is 3.50. The number of hydrogen-bond acceptors (Lipinski definition) is 7. The average Bonchev–Trinajstić information content (AvgIpc) is 3.37. The predicted molar refractivity (Wildman–Crippen MR) is 129 cm³/mol. The summed E-state index contributed by atoms with van der Waals surface area (Å²) in [4.78, 5) is 18.2. The number of aromatic nitrogens is 3. The minimum atomic E-state index is -0.366. The molecule has 0 aliphatic rings. The summed E-state index contributed by atoms with van der Waals surface area (Å²) >= 11 is 1.46. The molecule has 9 heteroatoms. The van der Waals surface area contributed by atoms with Gasteiger partial charge in [0.1, 0.15) is 0 Å². The maximum absolute atomic E-state index is 13.0. The van der Waals surface area contributed by atoms with E-state index in [9.17, 15) is 4.79 Å². The largest absolute Gasteiger partial charge is 0.490 e. The van der Waals surface area contributed by atoms with Crippen molar-refractivity contribution in [3.05, 3.63) is 52.9 Å². The minimum Gasteiger partial charge on any atom is -0.490 e. The quantitative estimate of drug-likeness (QED) is 0.364. The van der Waals surface area contributed by atoms with Gasteiger partial charge in [-0.3, -0.25) is 10.1 Å². The van der Waals surface area contributed by atoms with Gasteiger partial charge in [-0.25, -0.2) is 4.52 Å². The molecule has 0 fully saturated rings. The van der Waals surface area contributed by atoms with Crippen molar-refractivity contribution in [2.45, 2.75) is 27.7 Å². The normalized spacial score (nSPS) is 10.9. The summed E-state index contributed by atoms with van der Waals surface area (Å²) in [6.45, 7) is 8.98. The van der Waals surface area contributed by atoms with Crippen LogP contribution in [-0.4, -0.2) is 40.3 Å². The Morgan fingerprint density at radius 1 is 1.00 bits per heavy atom. The van der Waals surface area contributed by atoms with Gasteiger partial charge in [0.25, 0.3) is 11.9 Å². The first-order chi connectivity index (χ1) is 16.0. The van der Waals surface area contributed by atoms with E-state index in [1.807, 2.05) is 45.2 Å². The lowest BCUT2D eigenvalue weighted by atomic mass is 10.1. The third-order valence-corrected chi connectivity index (χ3v) is 5.64. The highest BCUT2D eigenvalue weighted by Gasteiger charge is 2.20. The highest BCUT2D eigenvalue weighted by Crippen LogP contribution is 2.39. The van der Waals surface area contributed by atoms with Gasteiger partial charge >= 0.3 is 0 Å².